The molecule has 0 saturated carbocycles. The molecule has 0 aliphatic carbocycles. The smallest absolute Gasteiger partial charge is 0.227 e. The van der Waals surface area contributed by atoms with Gasteiger partial charge in [-0.3, -0.25) is 4.79 Å². The molecule has 2 rings (SSSR count). The summed E-state index contributed by atoms with van der Waals surface area (Å²) in [6.07, 6.45) is 1.59. The number of methoxy groups -OCH3 is 1. The van der Waals surface area contributed by atoms with Gasteiger partial charge in [-0.25, -0.2) is 0 Å². The molecule has 1 aromatic carbocycles. The van der Waals surface area contributed by atoms with Crippen molar-refractivity contribution < 1.29 is 19.0 Å². The number of hydrogen-bond acceptors (Lipinski definition) is 4. The number of rotatable bonds is 6. The Kier molecular flexibility index (Phi) is 5.83. The second-order valence-corrected chi connectivity index (χ2v) is 4.74. The Labute approximate surface area is 119 Å². The Bertz CT molecular complexity index is 412. The van der Waals surface area contributed by atoms with Crippen molar-refractivity contribution in [3.05, 3.63) is 24.3 Å². The van der Waals surface area contributed by atoms with E-state index in [2.05, 4.69) is 5.32 Å². The van der Waals surface area contributed by atoms with E-state index in [0.717, 1.165) is 24.3 Å². The fourth-order valence-electron chi connectivity index (χ4n) is 2.08. The molecular formula is C15H21NO4. The van der Waals surface area contributed by atoms with Crippen LogP contribution in [-0.4, -0.2) is 39.4 Å². The van der Waals surface area contributed by atoms with E-state index in [4.69, 9.17) is 14.2 Å². The Morgan fingerprint density at radius 1 is 1.25 bits per heavy atom. The third-order valence-electron chi connectivity index (χ3n) is 3.27. The zero-order chi connectivity index (χ0) is 14.2. The summed E-state index contributed by atoms with van der Waals surface area (Å²) in [4.78, 5) is 12.0. The van der Waals surface area contributed by atoms with Crippen molar-refractivity contribution in [2.24, 2.45) is 5.92 Å². The second kappa shape index (κ2) is 7.87. The molecular weight excluding hydrogens is 258 g/mol. The third-order valence-corrected chi connectivity index (χ3v) is 3.27. The van der Waals surface area contributed by atoms with Gasteiger partial charge in [0.05, 0.1) is 6.61 Å². The van der Waals surface area contributed by atoms with Crippen LogP contribution in [0, 0.1) is 5.92 Å². The van der Waals surface area contributed by atoms with E-state index in [1.54, 1.807) is 7.11 Å². The largest absolute Gasteiger partial charge is 0.491 e. The lowest BCUT2D eigenvalue weighted by Gasteiger charge is -2.21. The van der Waals surface area contributed by atoms with Crippen molar-refractivity contribution >= 4 is 11.6 Å². The predicted octanol–water partition coefficient (Wildman–Crippen LogP) is 2.08. The predicted molar refractivity (Wildman–Crippen MR) is 76.0 cm³/mol. The van der Waals surface area contributed by atoms with Gasteiger partial charge in [0, 0.05) is 31.9 Å². The monoisotopic (exact) mass is 279 g/mol. The Morgan fingerprint density at radius 2 is 1.95 bits per heavy atom. The highest BCUT2D eigenvalue weighted by Gasteiger charge is 2.21. The van der Waals surface area contributed by atoms with Gasteiger partial charge >= 0.3 is 0 Å². The summed E-state index contributed by atoms with van der Waals surface area (Å²) in [5, 5.41) is 2.93. The molecule has 1 heterocycles. The fraction of sp³-hybridized carbons (Fsp3) is 0.533. The van der Waals surface area contributed by atoms with Crippen molar-refractivity contribution in [1.82, 2.24) is 0 Å². The van der Waals surface area contributed by atoms with Crippen LogP contribution < -0.4 is 10.1 Å². The molecule has 1 amide bonds. The SMILES string of the molecule is COCCOc1ccc(NC(=O)C2CCOCC2)cc1. The lowest BCUT2D eigenvalue weighted by molar-refractivity contribution is -0.122. The first-order valence-corrected chi connectivity index (χ1v) is 6.90. The van der Waals surface area contributed by atoms with E-state index in [1.807, 2.05) is 24.3 Å². The maximum atomic E-state index is 12.0. The highest BCUT2D eigenvalue weighted by Crippen LogP contribution is 2.19. The second-order valence-electron chi connectivity index (χ2n) is 4.74. The van der Waals surface area contributed by atoms with E-state index < -0.39 is 0 Å². The Morgan fingerprint density at radius 3 is 2.60 bits per heavy atom. The van der Waals surface area contributed by atoms with E-state index in [1.165, 1.54) is 0 Å². The minimum atomic E-state index is 0.0568. The molecule has 0 spiro atoms. The number of nitrogens with one attached hydrogen (secondary N) is 1. The van der Waals surface area contributed by atoms with Crippen molar-refractivity contribution in [1.29, 1.82) is 0 Å². The van der Waals surface area contributed by atoms with E-state index in [0.29, 0.717) is 26.4 Å². The van der Waals surface area contributed by atoms with Crippen LogP contribution in [-0.2, 0) is 14.3 Å². The average Bonchev–Trinajstić information content (AvgIpc) is 2.50. The third kappa shape index (κ3) is 4.51. The minimum Gasteiger partial charge on any atom is -0.491 e. The Balaban J connectivity index is 1.81. The quantitative estimate of drug-likeness (QED) is 0.810. The van der Waals surface area contributed by atoms with Crippen LogP contribution >= 0.6 is 0 Å². The van der Waals surface area contributed by atoms with Crippen molar-refractivity contribution in [2.45, 2.75) is 12.8 Å². The number of hydrogen-bond donors (Lipinski definition) is 1. The molecule has 110 valence electrons. The summed E-state index contributed by atoms with van der Waals surface area (Å²) in [6, 6.07) is 7.38. The topological polar surface area (TPSA) is 56.8 Å². The van der Waals surface area contributed by atoms with E-state index >= 15 is 0 Å². The molecule has 0 radical (unpaired) electrons. The fourth-order valence-corrected chi connectivity index (χ4v) is 2.08. The maximum Gasteiger partial charge on any atom is 0.227 e. The number of ether oxygens (including phenoxy) is 3. The molecule has 1 saturated heterocycles. The van der Waals surface area contributed by atoms with Gasteiger partial charge in [-0.05, 0) is 37.1 Å². The number of anilines is 1. The summed E-state index contributed by atoms with van der Waals surface area (Å²) >= 11 is 0. The van der Waals surface area contributed by atoms with Crippen LogP contribution in [0.3, 0.4) is 0 Å². The first kappa shape index (κ1) is 14.8. The van der Waals surface area contributed by atoms with Crippen LogP contribution in [0.5, 0.6) is 5.75 Å². The molecule has 5 heteroatoms. The molecule has 1 aliphatic rings. The van der Waals surface area contributed by atoms with Gasteiger partial charge in [-0.15, -0.1) is 0 Å². The van der Waals surface area contributed by atoms with Crippen LogP contribution in [0.25, 0.3) is 0 Å². The maximum absolute atomic E-state index is 12.0. The standard InChI is InChI=1S/C15H21NO4/c1-18-10-11-20-14-4-2-13(3-5-14)16-15(17)12-6-8-19-9-7-12/h2-5,12H,6-11H2,1H3,(H,16,17). The normalized spacial score (nSPS) is 15.8. The lowest BCUT2D eigenvalue weighted by atomic mass is 9.99. The molecule has 1 aromatic rings. The minimum absolute atomic E-state index is 0.0568. The zero-order valence-electron chi connectivity index (χ0n) is 11.8. The summed E-state index contributed by atoms with van der Waals surface area (Å²) in [5.41, 5.74) is 0.792. The summed E-state index contributed by atoms with van der Waals surface area (Å²) in [5.74, 6) is 0.897. The average molecular weight is 279 g/mol. The molecule has 1 aliphatic heterocycles. The van der Waals surface area contributed by atoms with Gasteiger partial charge in [0.1, 0.15) is 12.4 Å². The van der Waals surface area contributed by atoms with E-state index in [-0.39, 0.29) is 11.8 Å². The van der Waals surface area contributed by atoms with Gasteiger partial charge in [-0.1, -0.05) is 0 Å². The van der Waals surface area contributed by atoms with E-state index in [9.17, 15) is 4.79 Å². The first-order valence-electron chi connectivity index (χ1n) is 6.90. The summed E-state index contributed by atoms with van der Waals surface area (Å²) in [7, 11) is 1.64. The van der Waals surface area contributed by atoms with Gasteiger partial charge < -0.3 is 19.5 Å². The molecule has 0 bridgehead atoms. The summed E-state index contributed by atoms with van der Waals surface area (Å²) < 4.78 is 15.6. The van der Waals surface area contributed by atoms with Crippen molar-refractivity contribution in [3.8, 4) is 5.75 Å². The van der Waals surface area contributed by atoms with Crippen molar-refractivity contribution in [2.75, 3.05) is 38.9 Å². The molecule has 1 fully saturated rings. The molecule has 0 unspecified atom stereocenters. The van der Waals surface area contributed by atoms with Crippen LogP contribution in [0.4, 0.5) is 5.69 Å². The van der Waals surface area contributed by atoms with Gasteiger partial charge in [-0.2, -0.15) is 0 Å². The molecule has 1 N–H and O–H groups in total. The Hall–Kier alpha value is -1.59. The first-order chi connectivity index (χ1) is 9.79. The van der Waals surface area contributed by atoms with Crippen molar-refractivity contribution in [3.63, 3.8) is 0 Å². The molecule has 0 aromatic heterocycles. The zero-order valence-corrected chi connectivity index (χ0v) is 11.8. The molecule has 0 atom stereocenters. The van der Waals surface area contributed by atoms with Gasteiger partial charge in [0.2, 0.25) is 5.91 Å². The highest BCUT2D eigenvalue weighted by molar-refractivity contribution is 5.92. The number of amides is 1. The van der Waals surface area contributed by atoms with Crippen LogP contribution in [0.2, 0.25) is 0 Å². The molecule has 5 nitrogen and oxygen atoms in total. The number of carbonyl (C=O) groups excluding carboxylic acids is 1. The van der Waals surface area contributed by atoms with Crippen LogP contribution in [0.15, 0.2) is 24.3 Å². The van der Waals surface area contributed by atoms with Crippen LogP contribution in [0.1, 0.15) is 12.8 Å². The number of benzene rings is 1. The van der Waals surface area contributed by atoms with Gasteiger partial charge in [0.25, 0.3) is 0 Å². The number of carbonyl (C=O) groups is 1. The molecule has 20 heavy (non-hydrogen) atoms. The highest BCUT2D eigenvalue weighted by atomic mass is 16.5. The summed E-state index contributed by atoms with van der Waals surface area (Å²) in [6.45, 7) is 2.42. The lowest BCUT2D eigenvalue weighted by Crippen LogP contribution is -2.28. The van der Waals surface area contributed by atoms with Gasteiger partial charge in [0.15, 0.2) is 0 Å².